The molecule has 0 saturated heterocycles. The lowest BCUT2D eigenvalue weighted by Crippen LogP contribution is -2.20. The fourth-order valence-electron chi connectivity index (χ4n) is 1.78. The van der Waals surface area contributed by atoms with Gasteiger partial charge in [-0.3, -0.25) is 0 Å². The highest BCUT2D eigenvalue weighted by Crippen LogP contribution is 2.20. The Kier molecular flexibility index (Phi) is 6.25. The van der Waals surface area contributed by atoms with Crippen LogP contribution in [0.15, 0.2) is 36.3 Å². The van der Waals surface area contributed by atoms with E-state index >= 15 is 0 Å². The lowest BCUT2D eigenvalue weighted by molar-refractivity contribution is 0.246. The van der Waals surface area contributed by atoms with Crippen molar-refractivity contribution in [1.82, 2.24) is 14.9 Å². The summed E-state index contributed by atoms with van der Waals surface area (Å²) in [5, 5.41) is 0.820. The molecule has 0 aliphatic heterocycles. The van der Waals surface area contributed by atoms with E-state index in [4.69, 9.17) is 15.2 Å². The standard InChI is InChI=1S/C16H21FN4O2/c1-21(2)5-6-22-16-19-10-13-7-14(3-4-15(13)20-16)23-11-12(8-17)9-18/h3-4,7-8,10H,5-6,9,11,18H2,1-2H3/b12-8+. The molecule has 0 amide bonds. The van der Waals surface area contributed by atoms with Crippen LogP contribution in [0.4, 0.5) is 4.39 Å². The first-order valence-electron chi connectivity index (χ1n) is 7.27. The molecule has 7 heteroatoms. The van der Waals surface area contributed by atoms with Crippen LogP contribution in [0.3, 0.4) is 0 Å². The molecule has 6 nitrogen and oxygen atoms in total. The third kappa shape index (κ3) is 5.15. The molecule has 0 fully saturated rings. The summed E-state index contributed by atoms with van der Waals surface area (Å²) in [6.07, 6.45) is 2.15. The molecule has 2 rings (SSSR count). The van der Waals surface area contributed by atoms with Gasteiger partial charge in [0.15, 0.2) is 0 Å². The highest BCUT2D eigenvalue weighted by Gasteiger charge is 2.04. The van der Waals surface area contributed by atoms with E-state index in [2.05, 4.69) is 9.97 Å². The van der Waals surface area contributed by atoms with Crippen molar-refractivity contribution in [2.45, 2.75) is 0 Å². The van der Waals surface area contributed by atoms with E-state index in [1.807, 2.05) is 25.1 Å². The number of aromatic nitrogens is 2. The molecule has 2 N–H and O–H groups in total. The summed E-state index contributed by atoms with van der Waals surface area (Å²) < 4.78 is 23.5. The van der Waals surface area contributed by atoms with Gasteiger partial charge in [0.05, 0.1) is 11.8 Å². The summed E-state index contributed by atoms with van der Waals surface area (Å²) in [7, 11) is 3.95. The van der Waals surface area contributed by atoms with Crippen LogP contribution in [-0.4, -0.2) is 55.3 Å². The zero-order valence-electron chi connectivity index (χ0n) is 13.3. The van der Waals surface area contributed by atoms with Gasteiger partial charge in [-0.2, -0.15) is 4.98 Å². The molecular formula is C16H21FN4O2. The summed E-state index contributed by atoms with van der Waals surface area (Å²) in [5.74, 6) is 0.607. The molecule has 0 saturated carbocycles. The molecular weight excluding hydrogens is 299 g/mol. The lowest BCUT2D eigenvalue weighted by Gasteiger charge is -2.10. The van der Waals surface area contributed by atoms with E-state index in [0.717, 1.165) is 17.4 Å². The van der Waals surface area contributed by atoms with Gasteiger partial charge in [-0.05, 0) is 32.3 Å². The number of nitrogens with two attached hydrogens (primary N) is 1. The van der Waals surface area contributed by atoms with Crippen molar-refractivity contribution in [3.05, 3.63) is 36.3 Å². The molecule has 0 aliphatic carbocycles. The highest BCUT2D eigenvalue weighted by atomic mass is 19.1. The quantitative estimate of drug-likeness (QED) is 0.799. The van der Waals surface area contributed by atoms with Gasteiger partial charge in [0.1, 0.15) is 19.0 Å². The number of hydrogen-bond donors (Lipinski definition) is 1. The Morgan fingerprint density at radius 3 is 2.87 bits per heavy atom. The molecule has 0 atom stereocenters. The Morgan fingerprint density at radius 2 is 2.17 bits per heavy atom. The molecule has 0 bridgehead atoms. The van der Waals surface area contributed by atoms with E-state index in [-0.39, 0.29) is 13.2 Å². The first-order valence-corrected chi connectivity index (χ1v) is 7.27. The van der Waals surface area contributed by atoms with Gasteiger partial charge in [-0.15, -0.1) is 0 Å². The zero-order chi connectivity index (χ0) is 16.7. The first kappa shape index (κ1) is 17.1. The number of benzene rings is 1. The number of rotatable bonds is 8. The van der Waals surface area contributed by atoms with E-state index in [0.29, 0.717) is 30.3 Å². The third-order valence-corrected chi connectivity index (χ3v) is 3.14. The molecule has 0 unspecified atom stereocenters. The van der Waals surface area contributed by atoms with Gasteiger partial charge < -0.3 is 20.1 Å². The fourth-order valence-corrected chi connectivity index (χ4v) is 1.78. The van der Waals surface area contributed by atoms with Gasteiger partial charge in [-0.1, -0.05) is 0 Å². The molecule has 124 valence electrons. The summed E-state index contributed by atoms with van der Waals surface area (Å²) in [4.78, 5) is 10.5. The Bertz CT molecular complexity index is 676. The summed E-state index contributed by atoms with van der Waals surface area (Å²) in [5.41, 5.74) is 6.54. The average Bonchev–Trinajstić information content (AvgIpc) is 2.55. The van der Waals surface area contributed by atoms with Gasteiger partial charge in [0.2, 0.25) is 0 Å². The molecule has 2 aromatic rings. The van der Waals surface area contributed by atoms with Crippen molar-refractivity contribution in [2.24, 2.45) is 5.73 Å². The van der Waals surface area contributed by atoms with Gasteiger partial charge in [-0.25, -0.2) is 9.37 Å². The molecule has 1 aromatic carbocycles. The molecule has 0 radical (unpaired) electrons. The first-order chi connectivity index (χ1) is 11.1. The predicted molar refractivity (Wildman–Crippen MR) is 87.3 cm³/mol. The molecule has 0 spiro atoms. The number of fused-ring (bicyclic) bond motifs is 1. The van der Waals surface area contributed by atoms with Crippen molar-refractivity contribution in [3.63, 3.8) is 0 Å². The summed E-state index contributed by atoms with van der Waals surface area (Å²) >= 11 is 0. The minimum atomic E-state index is 0.116. The number of halogens is 1. The summed E-state index contributed by atoms with van der Waals surface area (Å²) in [6, 6.07) is 5.72. The lowest BCUT2D eigenvalue weighted by atomic mass is 10.2. The van der Waals surface area contributed by atoms with Crippen molar-refractivity contribution in [3.8, 4) is 11.8 Å². The smallest absolute Gasteiger partial charge is 0.316 e. The van der Waals surface area contributed by atoms with Gasteiger partial charge in [0.25, 0.3) is 0 Å². The topological polar surface area (TPSA) is 73.5 Å². The molecule has 23 heavy (non-hydrogen) atoms. The molecule has 0 aliphatic rings. The van der Waals surface area contributed by atoms with E-state index in [1.54, 1.807) is 18.3 Å². The Morgan fingerprint density at radius 1 is 1.35 bits per heavy atom. The fraction of sp³-hybridized carbons (Fsp3) is 0.375. The molecule has 1 heterocycles. The van der Waals surface area contributed by atoms with E-state index in [1.165, 1.54) is 0 Å². The number of hydrogen-bond acceptors (Lipinski definition) is 6. The second-order valence-electron chi connectivity index (χ2n) is 5.29. The van der Waals surface area contributed by atoms with Crippen LogP contribution in [0.5, 0.6) is 11.8 Å². The van der Waals surface area contributed by atoms with Crippen LogP contribution in [0.1, 0.15) is 0 Å². The number of ether oxygens (including phenoxy) is 2. The average molecular weight is 320 g/mol. The van der Waals surface area contributed by atoms with Crippen LogP contribution >= 0.6 is 0 Å². The van der Waals surface area contributed by atoms with Crippen LogP contribution < -0.4 is 15.2 Å². The van der Waals surface area contributed by atoms with E-state index in [9.17, 15) is 4.39 Å². The SMILES string of the molecule is CN(C)CCOc1ncc2cc(OC/C(=C/F)CN)ccc2n1. The number of nitrogens with zero attached hydrogens (tertiary/aromatic N) is 3. The Balaban J connectivity index is 2.03. The summed E-state index contributed by atoms with van der Waals surface area (Å²) in [6.45, 7) is 1.56. The van der Waals surface area contributed by atoms with Crippen molar-refractivity contribution >= 4 is 10.9 Å². The van der Waals surface area contributed by atoms with Crippen LogP contribution in [0.2, 0.25) is 0 Å². The maximum atomic E-state index is 12.5. The van der Waals surface area contributed by atoms with Gasteiger partial charge >= 0.3 is 6.01 Å². The zero-order valence-corrected chi connectivity index (χ0v) is 13.3. The van der Waals surface area contributed by atoms with E-state index < -0.39 is 0 Å². The Labute approximate surface area is 134 Å². The third-order valence-electron chi connectivity index (χ3n) is 3.14. The van der Waals surface area contributed by atoms with Crippen LogP contribution in [0.25, 0.3) is 10.9 Å². The minimum Gasteiger partial charge on any atom is -0.489 e. The highest BCUT2D eigenvalue weighted by molar-refractivity contribution is 5.79. The largest absolute Gasteiger partial charge is 0.489 e. The monoisotopic (exact) mass is 320 g/mol. The minimum absolute atomic E-state index is 0.116. The maximum Gasteiger partial charge on any atom is 0.316 e. The Hall–Kier alpha value is -2.25. The van der Waals surface area contributed by atoms with Crippen LogP contribution in [-0.2, 0) is 0 Å². The predicted octanol–water partition coefficient (Wildman–Crippen LogP) is 1.76. The van der Waals surface area contributed by atoms with Crippen LogP contribution in [0, 0.1) is 0 Å². The molecule has 1 aromatic heterocycles. The number of likely N-dealkylation sites (N-methyl/N-ethyl adjacent to an activating group) is 1. The second kappa shape index (κ2) is 8.40. The van der Waals surface area contributed by atoms with Crippen molar-refractivity contribution in [1.29, 1.82) is 0 Å². The van der Waals surface area contributed by atoms with Crippen molar-refractivity contribution in [2.75, 3.05) is 40.4 Å². The second-order valence-corrected chi connectivity index (χ2v) is 5.29. The van der Waals surface area contributed by atoms with Gasteiger partial charge in [0, 0.05) is 30.2 Å². The normalized spacial score (nSPS) is 12.0. The maximum absolute atomic E-state index is 12.5. The van der Waals surface area contributed by atoms with Crippen molar-refractivity contribution < 1.29 is 13.9 Å².